The van der Waals surface area contributed by atoms with Gasteiger partial charge < -0.3 is 9.47 Å². The number of rotatable bonds is 2. The van der Waals surface area contributed by atoms with Gasteiger partial charge in [-0.2, -0.15) is 0 Å². The van der Waals surface area contributed by atoms with E-state index in [-0.39, 0.29) is 5.90 Å². The minimum Gasteiger partial charge on any atom is -0.467 e. The first-order valence-electron chi connectivity index (χ1n) is 5.14. The average Bonchev–Trinajstić information content (AvgIpc) is 2.67. The predicted octanol–water partition coefficient (Wildman–Crippen LogP) is 1.58. The zero-order valence-corrected chi connectivity index (χ0v) is 10.5. The van der Waals surface area contributed by atoms with Gasteiger partial charge in [0.05, 0.1) is 7.11 Å². The molecule has 1 aromatic rings. The first kappa shape index (κ1) is 12.6. The number of nitrogens with zero attached hydrogens (tertiary/aromatic N) is 1. The largest absolute Gasteiger partial charge is 0.467 e. The van der Waals surface area contributed by atoms with Crippen LogP contribution in [-0.4, -0.2) is 30.5 Å². The maximum absolute atomic E-state index is 11.7. The van der Waals surface area contributed by atoms with Crippen molar-refractivity contribution >= 4 is 29.4 Å². The summed E-state index contributed by atoms with van der Waals surface area (Å²) in [5, 5.41) is 0.555. The molecule has 0 amide bonds. The lowest BCUT2D eigenvalue weighted by atomic mass is 10.1. The Morgan fingerprint density at radius 2 is 2.00 bits per heavy atom. The molecule has 2 rings (SSSR count). The van der Waals surface area contributed by atoms with E-state index in [2.05, 4.69) is 9.73 Å². The molecule has 1 aliphatic heterocycles. The number of hydrogen-bond donors (Lipinski definition) is 0. The van der Waals surface area contributed by atoms with Crippen LogP contribution in [0.2, 0.25) is 5.02 Å². The van der Waals surface area contributed by atoms with Gasteiger partial charge >= 0.3 is 11.9 Å². The van der Waals surface area contributed by atoms with Crippen molar-refractivity contribution in [3.05, 3.63) is 34.9 Å². The van der Waals surface area contributed by atoms with Crippen molar-refractivity contribution in [1.29, 1.82) is 0 Å². The molecular weight excluding hydrogens is 258 g/mol. The molecule has 1 aromatic carbocycles. The van der Waals surface area contributed by atoms with Crippen LogP contribution in [0.3, 0.4) is 0 Å². The molecule has 0 radical (unpaired) electrons. The number of hydrogen-bond acceptors (Lipinski definition) is 5. The van der Waals surface area contributed by atoms with Crippen molar-refractivity contribution < 1.29 is 19.1 Å². The average molecular weight is 268 g/mol. The molecule has 6 heteroatoms. The van der Waals surface area contributed by atoms with Gasteiger partial charge in [0.25, 0.3) is 5.54 Å². The summed E-state index contributed by atoms with van der Waals surface area (Å²) in [5.74, 6) is -1.42. The fraction of sp³-hybridized carbons (Fsp3) is 0.250. The standard InChI is InChI=1S/C12H10ClNO4/c1-12(10(15)17-2)11(16)18-9(14-12)7-3-5-8(13)6-4-7/h3-6H,1-2H3. The summed E-state index contributed by atoms with van der Waals surface area (Å²) in [6.45, 7) is 1.35. The molecule has 1 heterocycles. The first-order chi connectivity index (χ1) is 8.47. The third-order valence-corrected chi connectivity index (χ3v) is 2.84. The Kier molecular flexibility index (Phi) is 3.09. The zero-order chi connectivity index (χ0) is 13.3. The maximum atomic E-state index is 11.7. The first-order valence-corrected chi connectivity index (χ1v) is 5.51. The summed E-state index contributed by atoms with van der Waals surface area (Å²) >= 11 is 5.75. The smallest absolute Gasteiger partial charge is 0.352 e. The SMILES string of the molecule is COC(=O)C1(C)N=C(c2ccc(Cl)cc2)OC1=O. The van der Waals surface area contributed by atoms with E-state index in [1.165, 1.54) is 14.0 Å². The molecule has 1 aliphatic rings. The molecule has 94 valence electrons. The monoisotopic (exact) mass is 267 g/mol. The number of carbonyl (C=O) groups is 2. The molecule has 0 saturated heterocycles. The molecule has 1 unspecified atom stereocenters. The van der Waals surface area contributed by atoms with Crippen molar-refractivity contribution in [3.63, 3.8) is 0 Å². The second-order valence-electron chi connectivity index (χ2n) is 3.88. The maximum Gasteiger partial charge on any atom is 0.352 e. The Balaban J connectivity index is 2.37. The Hall–Kier alpha value is -1.88. The van der Waals surface area contributed by atoms with Crippen molar-refractivity contribution in [2.24, 2.45) is 4.99 Å². The van der Waals surface area contributed by atoms with E-state index < -0.39 is 17.5 Å². The highest BCUT2D eigenvalue weighted by molar-refractivity contribution is 6.30. The fourth-order valence-corrected chi connectivity index (χ4v) is 1.63. The highest BCUT2D eigenvalue weighted by Crippen LogP contribution is 2.24. The van der Waals surface area contributed by atoms with Gasteiger partial charge in [-0.05, 0) is 31.2 Å². The summed E-state index contributed by atoms with van der Waals surface area (Å²) in [6, 6.07) is 6.58. The normalized spacial score (nSPS) is 22.4. The highest BCUT2D eigenvalue weighted by Gasteiger charge is 2.49. The number of benzene rings is 1. The Morgan fingerprint density at radius 1 is 1.39 bits per heavy atom. The third-order valence-electron chi connectivity index (χ3n) is 2.59. The van der Waals surface area contributed by atoms with Gasteiger partial charge in [-0.25, -0.2) is 14.6 Å². The van der Waals surface area contributed by atoms with Gasteiger partial charge in [-0.15, -0.1) is 0 Å². The lowest BCUT2D eigenvalue weighted by molar-refractivity contribution is -0.154. The van der Waals surface area contributed by atoms with E-state index >= 15 is 0 Å². The highest BCUT2D eigenvalue weighted by atomic mass is 35.5. The van der Waals surface area contributed by atoms with Crippen LogP contribution >= 0.6 is 11.6 Å². The van der Waals surface area contributed by atoms with Crippen molar-refractivity contribution in [2.75, 3.05) is 7.11 Å². The number of aliphatic imine (C=N–C) groups is 1. The van der Waals surface area contributed by atoms with E-state index in [0.717, 1.165) is 0 Å². The zero-order valence-electron chi connectivity index (χ0n) is 9.77. The van der Waals surface area contributed by atoms with Gasteiger partial charge in [-0.3, -0.25) is 0 Å². The molecule has 0 bridgehead atoms. The molecular formula is C12H10ClNO4. The van der Waals surface area contributed by atoms with Gasteiger partial charge in [-0.1, -0.05) is 11.6 Å². The molecule has 1 atom stereocenters. The minimum atomic E-state index is -1.64. The Labute approximate surface area is 108 Å². The van der Waals surface area contributed by atoms with Crippen LogP contribution in [0.25, 0.3) is 0 Å². The topological polar surface area (TPSA) is 65.0 Å². The van der Waals surface area contributed by atoms with Gasteiger partial charge in [0.15, 0.2) is 0 Å². The predicted molar refractivity (Wildman–Crippen MR) is 64.5 cm³/mol. The van der Waals surface area contributed by atoms with E-state index in [1.54, 1.807) is 24.3 Å². The van der Waals surface area contributed by atoms with Gasteiger partial charge in [0.1, 0.15) is 0 Å². The quantitative estimate of drug-likeness (QED) is 0.603. The molecule has 0 spiro atoms. The summed E-state index contributed by atoms with van der Waals surface area (Å²) in [7, 11) is 1.19. The van der Waals surface area contributed by atoms with Crippen LogP contribution in [0.1, 0.15) is 12.5 Å². The lowest BCUT2D eigenvalue weighted by Gasteiger charge is -2.11. The molecule has 0 N–H and O–H groups in total. The second-order valence-corrected chi connectivity index (χ2v) is 4.31. The van der Waals surface area contributed by atoms with E-state index in [1.807, 2.05) is 0 Å². The molecule has 0 aromatic heterocycles. The van der Waals surface area contributed by atoms with Crippen LogP contribution in [0.5, 0.6) is 0 Å². The number of cyclic esters (lactones) is 1. The van der Waals surface area contributed by atoms with Crippen molar-refractivity contribution in [2.45, 2.75) is 12.5 Å². The third kappa shape index (κ3) is 1.97. The molecule has 18 heavy (non-hydrogen) atoms. The molecule has 0 fully saturated rings. The molecule has 0 aliphatic carbocycles. The fourth-order valence-electron chi connectivity index (χ4n) is 1.50. The van der Waals surface area contributed by atoms with Crippen molar-refractivity contribution in [3.8, 4) is 0 Å². The number of esters is 2. The van der Waals surface area contributed by atoms with Crippen LogP contribution in [0.15, 0.2) is 29.3 Å². The Morgan fingerprint density at radius 3 is 2.56 bits per heavy atom. The van der Waals surface area contributed by atoms with E-state index in [9.17, 15) is 9.59 Å². The molecule has 5 nitrogen and oxygen atoms in total. The number of methoxy groups -OCH3 is 1. The summed E-state index contributed by atoms with van der Waals surface area (Å²) in [6.07, 6.45) is 0. The van der Waals surface area contributed by atoms with Crippen LogP contribution in [0.4, 0.5) is 0 Å². The van der Waals surface area contributed by atoms with Gasteiger partial charge in [0, 0.05) is 10.6 Å². The Bertz CT molecular complexity index is 538. The lowest BCUT2D eigenvalue weighted by Crippen LogP contribution is -2.40. The van der Waals surface area contributed by atoms with Crippen molar-refractivity contribution in [1.82, 2.24) is 0 Å². The van der Waals surface area contributed by atoms with Crippen LogP contribution < -0.4 is 0 Å². The summed E-state index contributed by atoms with van der Waals surface area (Å²) in [5.41, 5.74) is -1.07. The minimum absolute atomic E-state index is 0.0876. The second kappa shape index (κ2) is 4.42. The molecule has 0 saturated carbocycles. The number of halogens is 1. The summed E-state index contributed by atoms with van der Waals surface area (Å²) < 4.78 is 9.54. The van der Waals surface area contributed by atoms with E-state index in [4.69, 9.17) is 16.3 Å². The number of carbonyl (C=O) groups excluding carboxylic acids is 2. The van der Waals surface area contributed by atoms with Crippen LogP contribution in [0, 0.1) is 0 Å². The number of ether oxygens (including phenoxy) is 2. The van der Waals surface area contributed by atoms with Crippen LogP contribution in [-0.2, 0) is 19.1 Å². The van der Waals surface area contributed by atoms with E-state index in [0.29, 0.717) is 10.6 Å². The summed E-state index contributed by atoms with van der Waals surface area (Å²) in [4.78, 5) is 27.2. The van der Waals surface area contributed by atoms with Gasteiger partial charge in [0.2, 0.25) is 5.90 Å².